The molecule has 3 nitrogen and oxygen atoms in total. The van der Waals surface area contributed by atoms with Crippen LogP contribution in [0.2, 0.25) is 0 Å². The van der Waals surface area contributed by atoms with E-state index >= 15 is 0 Å². The molecule has 0 aromatic carbocycles. The summed E-state index contributed by atoms with van der Waals surface area (Å²) in [7, 11) is 0. The predicted octanol–water partition coefficient (Wildman–Crippen LogP) is 2.88. The van der Waals surface area contributed by atoms with Gasteiger partial charge in [0.2, 0.25) is 0 Å². The van der Waals surface area contributed by atoms with E-state index in [0.29, 0.717) is 0 Å². The minimum Gasteiger partial charge on any atom is -0.371 e. The van der Waals surface area contributed by atoms with Crippen LogP contribution in [0.3, 0.4) is 0 Å². The quantitative estimate of drug-likeness (QED) is 0.795. The first-order valence-corrected chi connectivity index (χ1v) is 7.00. The zero-order chi connectivity index (χ0) is 11.4. The molecule has 0 spiro atoms. The number of nitrogens with zero attached hydrogens (tertiary/aromatic N) is 1. The van der Waals surface area contributed by atoms with Gasteiger partial charge < -0.3 is 10.1 Å². The first-order valence-electron chi connectivity index (χ1n) is 6.12. The Morgan fingerprint density at radius 3 is 3.00 bits per heavy atom. The number of rotatable bonds is 7. The summed E-state index contributed by atoms with van der Waals surface area (Å²) < 4.78 is 5.66. The van der Waals surface area contributed by atoms with Gasteiger partial charge in [0.25, 0.3) is 0 Å². The first-order chi connectivity index (χ1) is 7.83. The van der Waals surface area contributed by atoms with E-state index in [1.54, 1.807) is 11.3 Å². The Hall–Kier alpha value is -0.450. The van der Waals surface area contributed by atoms with Crippen LogP contribution in [0.1, 0.15) is 49.9 Å². The van der Waals surface area contributed by atoms with E-state index in [9.17, 15) is 0 Å². The summed E-state index contributed by atoms with van der Waals surface area (Å²) in [6, 6.07) is 0.749. The average molecular weight is 240 g/mol. The van der Waals surface area contributed by atoms with Crippen LogP contribution in [0.4, 0.5) is 0 Å². The molecule has 0 amide bonds. The Labute approximate surface area is 101 Å². The monoisotopic (exact) mass is 240 g/mol. The highest BCUT2D eigenvalue weighted by Crippen LogP contribution is 2.25. The lowest BCUT2D eigenvalue weighted by Crippen LogP contribution is -2.15. The van der Waals surface area contributed by atoms with Gasteiger partial charge in [-0.25, -0.2) is 4.98 Å². The number of aromatic nitrogens is 1. The second-order valence-corrected chi connectivity index (χ2v) is 5.07. The van der Waals surface area contributed by atoms with Crippen LogP contribution in [0.5, 0.6) is 0 Å². The van der Waals surface area contributed by atoms with E-state index in [1.165, 1.54) is 12.8 Å². The molecule has 1 saturated carbocycles. The molecule has 16 heavy (non-hydrogen) atoms. The Kier molecular flexibility index (Phi) is 4.32. The van der Waals surface area contributed by atoms with Gasteiger partial charge in [-0.3, -0.25) is 0 Å². The molecule has 0 radical (unpaired) electrons. The van der Waals surface area contributed by atoms with Crippen molar-refractivity contribution in [2.75, 3.05) is 6.61 Å². The lowest BCUT2D eigenvalue weighted by Gasteiger charge is -2.11. The fraction of sp³-hybridized carbons (Fsp3) is 0.750. The third-order valence-corrected chi connectivity index (χ3v) is 3.72. The molecule has 1 fully saturated rings. The van der Waals surface area contributed by atoms with Crippen molar-refractivity contribution in [2.24, 2.45) is 0 Å². The minimum absolute atomic E-state index is 0.185. The van der Waals surface area contributed by atoms with Crippen molar-refractivity contribution < 1.29 is 4.74 Å². The average Bonchev–Trinajstić information content (AvgIpc) is 3.02. The summed E-state index contributed by atoms with van der Waals surface area (Å²) in [6.07, 6.45) is 3.84. The highest BCUT2D eigenvalue weighted by molar-refractivity contribution is 7.09. The van der Waals surface area contributed by atoms with Crippen LogP contribution >= 0.6 is 11.3 Å². The molecule has 1 aliphatic carbocycles. The van der Waals surface area contributed by atoms with Gasteiger partial charge in [0.05, 0.1) is 5.69 Å². The molecule has 1 N–H and O–H groups in total. The van der Waals surface area contributed by atoms with Crippen molar-refractivity contribution in [3.8, 4) is 0 Å². The van der Waals surface area contributed by atoms with E-state index < -0.39 is 0 Å². The van der Waals surface area contributed by atoms with Crippen molar-refractivity contribution in [3.63, 3.8) is 0 Å². The summed E-state index contributed by atoms with van der Waals surface area (Å²) in [6.45, 7) is 5.84. The summed E-state index contributed by atoms with van der Waals surface area (Å²) in [4.78, 5) is 4.63. The molecule has 90 valence electrons. The molecule has 1 aromatic heterocycles. The molecule has 4 heteroatoms. The van der Waals surface area contributed by atoms with Crippen LogP contribution in [0, 0.1) is 0 Å². The molecule has 1 unspecified atom stereocenters. The molecular weight excluding hydrogens is 220 g/mol. The van der Waals surface area contributed by atoms with Crippen LogP contribution in [0.25, 0.3) is 0 Å². The highest BCUT2D eigenvalue weighted by atomic mass is 32.1. The van der Waals surface area contributed by atoms with Crippen molar-refractivity contribution in [2.45, 2.75) is 51.8 Å². The highest BCUT2D eigenvalue weighted by Gasteiger charge is 2.21. The predicted molar refractivity (Wildman–Crippen MR) is 66.6 cm³/mol. The van der Waals surface area contributed by atoms with Crippen LogP contribution < -0.4 is 5.32 Å². The van der Waals surface area contributed by atoms with E-state index in [1.807, 2.05) is 6.92 Å². The van der Waals surface area contributed by atoms with Gasteiger partial charge in [0, 0.05) is 24.6 Å². The normalized spacial score (nSPS) is 17.6. The van der Waals surface area contributed by atoms with Gasteiger partial charge in [-0.2, -0.15) is 0 Å². The van der Waals surface area contributed by atoms with Crippen LogP contribution in [-0.4, -0.2) is 17.6 Å². The lowest BCUT2D eigenvalue weighted by molar-refractivity contribution is 0.0595. The molecule has 0 bridgehead atoms. The maximum atomic E-state index is 5.66. The number of thiazole rings is 1. The third kappa shape index (κ3) is 3.27. The number of ether oxygens (including phenoxy) is 1. The second-order valence-electron chi connectivity index (χ2n) is 4.18. The molecule has 1 heterocycles. The number of hydrogen-bond acceptors (Lipinski definition) is 4. The van der Waals surface area contributed by atoms with Gasteiger partial charge in [-0.1, -0.05) is 6.92 Å². The SMILES string of the molecule is CCOC(CC)c1nc(CNC2CC2)cs1. The Balaban J connectivity index is 1.88. The van der Waals surface area contributed by atoms with Crippen LogP contribution in [0.15, 0.2) is 5.38 Å². The van der Waals surface area contributed by atoms with E-state index in [-0.39, 0.29) is 6.10 Å². The van der Waals surface area contributed by atoms with Crippen molar-refractivity contribution in [3.05, 3.63) is 16.1 Å². The molecule has 0 aliphatic heterocycles. The van der Waals surface area contributed by atoms with Crippen LogP contribution in [-0.2, 0) is 11.3 Å². The van der Waals surface area contributed by atoms with Crippen molar-refractivity contribution in [1.29, 1.82) is 0 Å². The Bertz CT molecular complexity index is 323. The van der Waals surface area contributed by atoms with Gasteiger partial charge in [-0.15, -0.1) is 11.3 Å². The molecular formula is C12H20N2OS. The topological polar surface area (TPSA) is 34.1 Å². The zero-order valence-electron chi connectivity index (χ0n) is 10.0. The summed E-state index contributed by atoms with van der Waals surface area (Å²) >= 11 is 1.72. The van der Waals surface area contributed by atoms with Crippen molar-refractivity contribution in [1.82, 2.24) is 10.3 Å². The lowest BCUT2D eigenvalue weighted by atomic mass is 10.3. The fourth-order valence-corrected chi connectivity index (χ4v) is 2.60. The molecule has 1 aromatic rings. The van der Waals surface area contributed by atoms with E-state index in [2.05, 4.69) is 22.6 Å². The van der Waals surface area contributed by atoms with Gasteiger partial charge in [0.1, 0.15) is 11.1 Å². The molecule has 1 atom stereocenters. The van der Waals surface area contributed by atoms with Gasteiger partial charge in [-0.05, 0) is 26.2 Å². The zero-order valence-corrected chi connectivity index (χ0v) is 10.8. The summed E-state index contributed by atoms with van der Waals surface area (Å²) in [5, 5.41) is 6.75. The second kappa shape index (κ2) is 5.75. The van der Waals surface area contributed by atoms with E-state index in [0.717, 1.165) is 36.3 Å². The Morgan fingerprint density at radius 1 is 1.56 bits per heavy atom. The maximum Gasteiger partial charge on any atom is 0.122 e. The number of nitrogens with one attached hydrogen (secondary N) is 1. The molecule has 2 rings (SSSR count). The molecule has 1 aliphatic rings. The third-order valence-electron chi connectivity index (χ3n) is 2.73. The molecule has 0 saturated heterocycles. The van der Waals surface area contributed by atoms with Gasteiger partial charge >= 0.3 is 0 Å². The fourth-order valence-electron chi connectivity index (χ4n) is 1.65. The van der Waals surface area contributed by atoms with Gasteiger partial charge in [0.15, 0.2) is 0 Å². The van der Waals surface area contributed by atoms with Crippen molar-refractivity contribution >= 4 is 11.3 Å². The smallest absolute Gasteiger partial charge is 0.122 e. The standard InChI is InChI=1S/C12H20N2OS/c1-3-11(15-4-2)12-14-10(8-16-12)7-13-9-5-6-9/h8-9,11,13H,3-7H2,1-2H3. The first kappa shape index (κ1) is 12.0. The summed E-state index contributed by atoms with van der Waals surface area (Å²) in [5.74, 6) is 0. The Morgan fingerprint density at radius 2 is 2.38 bits per heavy atom. The maximum absolute atomic E-state index is 5.66. The minimum atomic E-state index is 0.185. The van der Waals surface area contributed by atoms with E-state index in [4.69, 9.17) is 4.74 Å². The largest absolute Gasteiger partial charge is 0.371 e. The summed E-state index contributed by atoms with van der Waals surface area (Å²) in [5.41, 5.74) is 1.16. The number of hydrogen-bond donors (Lipinski definition) is 1.